The largest absolute Gasteiger partial charge is 0.289 e. The zero-order chi connectivity index (χ0) is 13.8. The number of carbonyl (C=O) groups excluding carboxylic acids is 1. The van der Waals surface area contributed by atoms with Crippen molar-refractivity contribution < 1.29 is 4.79 Å². The van der Waals surface area contributed by atoms with Gasteiger partial charge in [0.15, 0.2) is 5.78 Å². The van der Waals surface area contributed by atoms with Crippen molar-refractivity contribution in [2.45, 2.75) is 0 Å². The molecular weight excluding hydrogens is 244 g/mol. The number of rotatable bonds is 1. The minimum absolute atomic E-state index is 0.0631. The van der Waals surface area contributed by atoms with E-state index in [1.54, 1.807) is 12.2 Å². The Morgan fingerprint density at radius 2 is 1.40 bits per heavy atom. The summed E-state index contributed by atoms with van der Waals surface area (Å²) < 4.78 is 0. The van der Waals surface area contributed by atoms with Crippen LogP contribution in [0.4, 0.5) is 0 Å². The molecule has 0 saturated heterocycles. The van der Waals surface area contributed by atoms with Crippen molar-refractivity contribution >= 4 is 11.4 Å². The molecule has 0 saturated carbocycles. The Bertz CT molecular complexity index is 751. The summed E-state index contributed by atoms with van der Waals surface area (Å²) >= 11 is 0. The van der Waals surface area contributed by atoms with Crippen LogP contribution in [0.3, 0.4) is 0 Å². The molecule has 2 aromatic carbocycles. The van der Waals surface area contributed by atoms with Crippen molar-refractivity contribution in [2.24, 2.45) is 0 Å². The highest BCUT2D eigenvalue weighted by Gasteiger charge is 2.11. The zero-order valence-corrected chi connectivity index (χ0v) is 10.8. The maximum Gasteiger partial charge on any atom is 0.186 e. The zero-order valence-electron chi connectivity index (χ0n) is 10.8. The quantitative estimate of drug-likeness (QED) is 0.712. The molecule has 0 spiro atoms. The molecule has 2 aromatic rings. The first-order chi connectivity index (χ1) is 9.83. The summed E-state index contributed by atoms with van der Waals surface area (Å²) in [6.45, 7) is 0. The molecule has 0 heterocycles. The van der Waals surface area contributed by atoms with Gasteiger partial charge in [-0.1, -0.05) is 54.3 Å². The lowest BCUT2D eigenvalue weighted by molar-refractivity contribution is -0.109. The van der Waals surface area contributed by atoms with Gasteiger partial charge in [-0.3, -0.25) is 4.79 Å². The van der Waals surface area contributed by atoms with Gasteiger partial charge in [0, 0.05) is 16.7 Å². The normalized spacial score (nSPS) is 12.8. The Balaban J connectivity index is 1.81. The minimum Gasteiger partial charge on any atom is -0.289 e. The molecule has 0 fully saturated rings. The minimum atomic E-state index is 0.0631. The lowest BCUT2D eigenvalue weighted by Gasteiger charge is -2.00. The van der Waals surface area contributed by atoms with Crippen LogP contribution < -0.4 is 0 Å². The summed E-state index contributed by atoms with van der Waals surface area (Å²) in [5.74, 6) is 6.30. The van der Waals surface area contributed by atoms with Gasteiger partial charge in [-0.05, 0) is 35.9 Å². The molecule has 0 unspecified atom stereocenters. The maximum absolute atomic E-state index is 11.6. The molecular formula is C19H12O. The van der Waals surface area contributed by atoms with Crippen molar-refractivity contribution in [3.8, 4) is 11.8 Å². The molecule has 0 radical (unpaired) electrons. The van der Waals surface area contributed by atoms with Gasteiger partial charge in [-0.25, -0.2) is 0 Å². The van der Waals surface area contributed by atoms with Gasteiger partial charge < -0.3 is 0 Å². The Labute approximate surface area is 118 Å². The molecule has 1 heteroatoms. The van der Waals surface area contributed by atoms with Crippen LogP contribution in [-0.4, -0.2) is 5.78 Å². The van der Waals surface area contributed by atoms with E-state index in [1.165, 1.54) is 0 Å². The first-order valence-electron chi connectivity index (χ1n) is 6.43. The van der Waals surface area contributed by atoms with E-state index in [2.05, 4.69) is 11.8 Å². The molecule has 0 aliphatic heterocycles. The summed E-state index contributed by atoms with van der Waals surface area (Å²) in [6.07, 6.45) is 5.20. The lowest BCUT2D eigenvalue weighted by Crippen LogP contribution is -1.93. The van der Waals surface area contributed by atoms with Crippen LogP contribution in [0, 0.1) is 11.8 Å². The number of hydrogen-bond acceptors (Lipinski definition) is 1. The van der Waals surface area contributed by atoms with E-state index >= 15 is 0 Å². The van der Waals surface area contributed by atoms with E-state index in [0.717, 1.165) is 22.3 Å². The van der Waals surface area contributed by atoms with E-state index in [0.29, 0.717) is 0 Å². The lowest BCUT2D eigenvalue weighted by atomic mass is 10.0. The van der Waals surface area contributed by atoms with Crippen LogP contribution in [0.1, 0.15) is 16.7 Å². The van der Waals surface area contributed by atoms with Crippen LogP contribution in [-0.2, 0) is 4.79 Å². The second kappa shape index (κ2) is 5.42. The van der Waals surface area contributed by atoms with E-state index in [1.807, 2.05) is 60.7 Å². The van der Waals surface area contributed by atoms with E-state index < -0.39 is 0 Å². The molecule has 0 aromatic heterocycles. The van der Waals surface area contributed by atoms with Crippen molar-refractivity contribution in [1.82, 2.24) is 0 Å². The molecule has 20 heavy (non-hydrogen) atoms. The van der Waals surface area contributed by atoms with Crippen LogP contribution in [0.5, 0.6) is 0 Å². The van der Waals surface area contributed by atoms with Crippen molar-refractivity contribution in [3.63, 3.8) is 0 Å². The Morgan fingerprint density at radius 3 is 2.00 bits per heavy atom. The summed E-state index contributed by atoms with van der Waals surface area (Å²) in [5, 5.41) is 0. The SMILES string of the molecule is O=C1C=CC=C1c1ccc(C#Cc2ccccc2)cc1. The summed E-state index contributed by atoms with van der Waals surface area (Å²) in [7, 11) is 0. The summed E-state index contributed by atoms with van der Waals surface area (Å²) in [4.78, 5) is 11.6. The van der Waals surface area contributed by atoms with Gasteiger partial charge in [-0.2, -0.15) is 0 Å². The van der Waals surface area contributed by atoms with Crippen LogP contribution in [0.2, 0.25) is 0 Å². The van der Waals surface area contributed by atoms with Crippen LogP contribution >= 0.6 is 0 Å². The Kier molecular flexibility index (Phi) is 3.31. The average Bonchev–Trinajstić information content (AvgIpc) is 2.93. The maximum atomic E-state index is 11.6. The molecule has 0 bridgehead atoms. The number of allylic oxidation sites excluding steroid dienone is 4. The first-order valence-corrected chi connectivity index (χ1v) is 6.43. The van der Waals surface area contributed by atoms with Crippen molar-refractivity contribution in [2.75, 3.05) is 0 Å². The van der Waals surface area contributed by atoms with E-state index in [-0.39, 0.29) is 5.78 Å². The molecule has 1 nitrogen and oxygen atoms in total. The molecule has 1 aliphatic rings. The third-order valence-corrected chi connectivity index (χ3v) is 3.10. The molecule has 0 atom stereocenters. The second-order valence-electron chi connectivity index (χ2n) is 4.50. The Morgan fingerprint density at radius 1 is 0.750 bits per heavy atom. The third kappa shape index (κ3) is 2.60. The van der Waals surface area contributed by atoms with Gasteiger partial charge in [0.1, 0.15) is 0 Å². The first kappa shape index (κ1) is 12.2. The molecule has 0 N–H and O–H groups in total. The van der Waals surface area contributed by atoms with Gasteiger partial charge in [0.25, 0.3) is 0 Å². The third-order valence-electron chi connectivity index (χ3n) is 3.10. The van der Waals surface area contributed by atoms with E-state index in [4.69, 9.17) is 0 Å². The fraction of sp³-hybridized carbons (Fsp3) is 0. The molecule has 94 valence electrons. The van der Waals surface area contributed by atoms with Crippen molar-refractivity contribution in [3.05, 3.63) is 89.5 Å². The average molecular weight is 256 g/mol. The van der Waals surface area contributed by atoms with E-state index in [9.17, 15) is 4.79 Å². The van der Waals surface area contributed by atoms with Gasteiger partial charge >= 0.3 is 0 Å². The highest BCUT2D eigenvalue weighted by Crippen LogP contribution is 2.20. The monoisotopic (exact) mass is 256 g/mol. The molecule has 0 amide bonds. The standard InChI is InChI=1S/C19H12O/c20-19-8-4-7-18(19)17-13-11-16(12-14-17)10-9-15-5-2-1-3-6-15/h1-8,11-14H. The highest BCUT2D eigenvalue weighted by molar-refractivity contribution is 6.28. The number of benzene rings is 2. The fourth-order valence-electron chi connectivity index (χ4n) is 2.04. The Hall–Kier alpha value is -2.85. The number of carbonyl (C=O) groups is 1. The summed E-state index contributed by atoms with van der Waals surface area (Å²) in [6, 6.07) is 17.6. The number of ketones is 1. The summed E-state index contributed by atoms with van der Waals surface area (Å²) in [5.41, 5.74) is 3.61. The predicted octanol–water partition coefficient (Wildman–Crippen LogP) is 3.61. The second-order valence-corrected chi connectivity index (χ2v) is 4.50. The number of hydrogen-bond donors (Lipinski definition) is 0. The molecule has 1 aliphatic carbocycles. The predicted molar refractivity (Wildman–Crippen MR) is 81.0 cm³/mol. The van der Waals surface area contributed by atoms with Gasteiger partial charge in [0.2, 0.25) is 0 Å². The van der Waals surface area contributed by atoms with Gasteiger partial charge in [-0.15, -0.1) is 0 Å². The topological polar surface area (TPSA) is 17.1 Å². The fourth-order valence-corrected chi connectivity index (χ4v) is 2.04. The van der Waals surface area contributed by atoms with Crippen LogP contribution in [0.25, 0.3) is 5.57 Å². The van der Waals surface area contributed by atoms with Crippen molar-refractivity contribution in [1.29, 1.82) is 0 Å². The molecule has 3 rings (SSSR count). The smallest absolute Gasteiger partial charge is 0.186 e. The van der Waals surface area contributed by atoms with Crippen LogP contribution in [0.15, 0.2) is 72.8 Å². The van der Waals surface area contributed by atoms with Gasteiger partial charge in [0.05, 0.1) is 0 Å². The highest BCUT2D eigenvalue weighted by atomic mass is 16.1.